The highest BCUT2D eigenvalue weighted by Gasteiger charge is 1.97. The van der Waals surface area contributed by atoms with Crippen LogP contribution in [0.25, 0.3) is 0 Å². The molecule has 0 aliphatic heterocycles. The summed E-state index contributed by atoms with van der Waals surface area (Å²) in [5, 5.41) is 11.8. The van der Waals surface area contributed by atoms with E-state index in [1.165, 1.54) is 0 Å². The van der Waals surface area contributed by atoms with Crippen molar-refractivity contribution in [1.29, 1.82) is 0 Å². The Hall–Kier alpha value is -0.930. The minimum atomic E-state index is 0.281. The van der Waals surface area contributed by atoms with Crippen LogP contribution < -0.4 is 5.32 Å². The van der Waals surface area contributed by atoms with Gasteiger partial charge in [0.15, 0.2) is 0 Å². The molecule has 0 aliphatic rings. The molecule has 2 nitrogen and oxygen atoms in total. The Morgan fingerprint density at radius 2 is 1.87 bits per heavy atom. The van der Waals surface area contributed by atoms with E-state index in [9.17, 15) is 0 Å². The monoisotopic (exact) mass is 223 g/mol. The van der Waals surface area contributed by atoms with E-state index in [-0.39, 0.29) is 6.61 Å². The zero-order chi connectivity index (χ0) is 10.9. The fourth-order valence-electron chi connectivity index (χ4n) is 1.31. The molecule has 0 unspecified atom stereocenters. The van der Waals surface area contributed by atoms with Crippen LogP contribution >= 0.6 is 12.2 Å². The van der Waals surface area contributed by atoms with Crippen LogP contribution in [0.4, 0.5) is 0 Å². The number of nitrogens with one attached hydrogen (secondary N) is 1. The molecule has 0 bridgehead atoms. The predicted molar refractivity (Wildman–Crippen MR) is 67.1 cm³/mol. The van der Waals surface area contributed by atoms with Crippen LogP contribution in [0, 0.1) is 0 Å². The summed E-state index contributed by atoms with van der Waals surface area (Å²) >= 11 is 5.24. The molecule has 2 N–H and O–H groups in total. The van der Waals surface area contributed by atoms with Gasteiger partial charge in [0, 0.05) is 18.7 Å². The molecule has 0 radical (unpaired) electrons. The van der Waals surface area contributed by atoms with Crippen LogP contribution in [0.5, 0.6) is 0 Å². The van der Waals surface area contributed by atoms with Crippen LogP contribution in [0.3, 0.4) is 0 Å². The van der Waals surface area contributed by atoms with E-state index in [0.717, 1.165) is 36.4 Å². The van der Waals surface area contributed by atoms with Gasteiger partial charge < -0.3 is 10.4 Å². The minimum Gasteiger partial charge on any atom is -0.396 e. The Kier molecular flexibility index (Phi) is 5.97. The first-order valence-corrected chi connectivity index (χ1v) is 5.69. The largest absolute Gasteiger partial charge is 0.396 e. The van der Waals surface area contributed by atoms with Crippen LogP contribution in [0.1, 0.15) is 24.8 Å². The number of benzene rings is 1. The topological polar surface area (TPSA) is 32.3 Å². The van der Waals surface area contributed by atoms with Gasteiger partial charge in [-0.25, -0.2) is 0 Å². The molecule has 0 heterocycles. The van der Waals surface area contributed by atoms with Gasteiger partial charge in [0.25, 0.3) is 0 Å². The molecule has 0 aromatic heterocycles. The van der Waals surface area contributed by atoms with Gasteiger partial charge >= 0.3 is 0 Å². The number of unbranched alkanes of at least 4 members (excludes halogenated alkanes) is 2. The lowest BCUT2D eigenvalue weighted by molar-refractivity contribution is 0.283. The van der Waals surface area contributed by atoms with Gasteiger partial charge in [0.05, 0.1) is 0 Å². The first kappa shape index (κ1) is 12.1. The SMILES string of the molecule is OCCCCCNC(=S)c1ccccc1. The van der Waals surface area contributed by atoms with E-state index in [0.29, 0.717) is 0 Å². The summed E-state index contributed by atoms with van der Waals surface area (Å²) < 4.78 is 0. The molecule has 1 aromatic rings. The maximum Gasteiger partial charge on any atom is 0.106 e. The lowest BCUT2D eigenvalue weighted by Crippen LogP contribution is -2.23. The smallest absolute Gasteiger partial charge is 0.106 e. The lowest BCUT2D eigenvalue weighted by atomic mass is 10.2. The summed E-state index contributed by atoms with van der Waals surface area (Å²) in [4.78, 5) is 0.805. The van der Waals surface area contributed by atoms with E-state index >= 15 is 0 Å². The van der Waals surface area contributed by atoms with Gasteiger partial charge in [-0.15, -0.1) is 0 Å². The Bertz CT molecular complexity index is 287. The number of hydrogen-bond donors (Lipinski definition) is 2. The van der Waals surface area contributed by atoms with Crippen molar-refractivity contribution in [2.45, 2.75) is 19.3 Å². The van der Waals surface area contributed by atoms with Crippen molar-refractivity contribution >= 4 is 17.2 Å². The second-order valence-corrected chi connectivity index (χ2v) is 3.81. The number of aliphatic hydroxyl groups excluding tert-OH is 1. The molecular formula is C12H17NOS. The predicted octanol–water partition coefficient (Wildman–Crippen LogP) is 2.11. The number of hydrogen-bond acceptors (Lipinski definition) is 2. The van der Waals surface area contributed by atoms with Gasteiger partial charge in [-0.2, -0.15) is 0 Å². The third-order valence-electron chi connectivity index (χ3n) is 2.16. The Balaban J connectivity index is 2.20. The molecule has 0 saturated heterocycles. The second-order valence-electron chi connectivity index (χ2n) is 3.41. The zero-order valence-electron chi connectivity index (χ0n) is 8.78. The van der Waals surface area contributed by atoms with Crippen LogP contribution in [-0.4, -0.2) is 23.2 Å². The number of thiocarbonyl (C=S) groups is 1. The van der Waals surface area contributed by atoms with Gasteiger partial charge in [-0.1, -0.05) is 42.5 Å². The van der Waals surface area contributed by atoms with Gasteiger partial charge in [0.2, 0.25) is 0 Å². The third-order valence-corrected chi connectivity index (χ3v) is 2.54. The average molecular weight is 223 g/mol. The summed E-state index contributed by atoms with van der Waals surface area (Å²) in [6, 6.07) is 9.95. The van der Waals surface area contributed by atoms with Crippen molar-refractivity contribution in [1.82, 2.24) is 5.32 Å². The molecule has 0 aliphatic carbocycles. The molecule has 0 fully saturated rings. The number of aliphatic hydroxyl groups is 1. The van der Waals surface area contributed by atoms with Crippen molar-refractivity contribution in [3.63, 3.8) is 0 Å². The molecule has 0 atom stereocenters. The van der Waals surface area contributed by atoms with E-state index in [1.54, 1.807) is 0 Å². The molecule has 15 heavy (non-hydrogen) atoms. The summed E-state index contributed by atoms with van der Waals surface area (Å²) in [5.74, 6) is 0. The Labute approximate surface area is 96.3 Å². The van der Waals surface area contributed by atoms with Crippen LogP contribution in [0.2, 0.25) is 0 Å². The Morgan fingerprint density at radius 1 is 1.13 bits per heavy atom. The first-order valence-electron chi connectivity index (χ1n) is 5.28. The zero-order valence-corrected chi connectivity index (χ0v) is 9.59. The van der Waals surface area contributed by atoms with Crippen LogP contribution in [-0.2, 0) is 0 Å². The summed E-state index contributed by atoms with van der Waals surface area (Å²) in [5.41, 5.74) is 1.06. The van der Waals surface area contributed by atoms with Crippen molar-refractivity contribution in [3.05, 3.63) is 35.9 Å². The number of rotatable bonds is 6. The molecule has 0 amide bonds. The van der Waals surface area contributed by atoms with E-state index < -0.39 is 0 Å². The maximum atomic E-state index is 8.61. The standard InChI is InChI=1S/C12H17NOS/c14-10-6-2-5-9-13-12(15)11-7-3-1-4-8-11/h1,3-4,7-8,14H,2,5-6,9-10H2,(H,13,15). The highest BCUT2D eigenvalue weighted by molar-refractivity contribution is 7.80. The third kappa shape index (κ3) is 4.91. The van der Waals surface area contributed by atoms with Gasteiger partial charge in [0.1, 0.15) is 4.99 Å². The molecule has 0 spiro atoms. The van der Waals surface area contributed by atoms with Gasteiger partial charge in [-0.3, -0.25) is 0 Å². The molecule has 82 valence electrons. The molecular weight excluding hydrogens is 206 g/mol. The lowest BCUT2D eigenvalue weighted by Gasteiger charge is -2.07. The summed E-state index contributed by atoms with van der Waals surface area (Å²) in [7, 11) is 0. The average Bonchev–Trinajstić information content (AvgIpc) is 2.30. The minimum absolute atomic E-state index is 0.281. The normalized spacial score (nSPS) is 9.93. The second kappa shape index (κ2) is 7.37. The van der Waals surface area contributed by atoms with Crippen molar-refractivity contribution < 1.29 is 5.11 Å². The summed E-state index contributed by atoms with van der Waals surface area (Å²) in [6.45, 7) is 1.16. The maximum absolute atomic E-state index is 8.61. The summed E-state index contributed by atoms with van der Waals surface area (Å²) in [6.07, 6.45) is 2.97. The Morgan fingerprint density at radius 3 is 2.53 bits per heavy atom. The van der Waals surface area contributed by atoms with Crippen LogP contribution in [0.15, 0.2) is 30.3 Å². The fourth-order valence-corrected chi connectivity index (χ4v) is 1.55. The fraction of sp³-hybridized carbons (Fsp3) is 0.417. The molecule has 3 heteroatoms. The van der Waals surface area contributed by atoms with E-state index in [1.807, 2.05) is 30.3 Å². The highest BCUT2D eigenvalue weighted by Crippen LogP contribution is 1.99. The first-order chi connectivity index (χ1) is 7.34. The van der Waals surface area contributed by atoms with Crippen molar-refractivity contribution in [2.24, 2.45) is 0 Å². The molecule has 0 saturated carbocycles. The van der Waals surface area contributed by atoms with E-state index in [4.69, 9.17) is 17.3 Å². The van der Waals surface area contributed by atoms with E-state index in [2.05, 4.69) is 5.32 Å². The van der Waals surface area contributed by atoms with Gasteiger partial charge in [-0.05, 0) is 19.3 Å². The quantitative estimate of drug-likeness (QED) is 0.572. The molecule has 1 aromatic carbocycles. The molecule has 1 rings (SSSR count). The van der Waals surface area contributed by atoms with Crippen molar-refractivity contribution in [2.75, 3.05) is 13.2 Å². The highest BCUT2D eigenvalue weighted by atomic mass is 32.1. The van der Waals surface area contributed by atoms with Crippen molar-refractivity contribution in [3.8, 4) is 0 Å².